The highest BCUT2D eigenvalue weighted by atomic mass is 32.1. The van der Waals surface area contributed by atoms with E-state index >= 15 is 0 Å². The minimum absolute atomic E-state index is 0.168. The second-order valence-corrected chi connectivity index (χ2v) is 5.59. The van der Waals surface area contributed by atoms with Crippen LogP contribution < -0.4 is 11.1 Å². The molecule has 5 nitrogen and oxygen atoms in total. The number of benzene rings is 1. The van der Waals surface area contributed by atoms with Crippen molar-refractivity contribution >= 4 is 39.7 Å². The molecule has 2 heterocycles. The van der Waals surface area contributed by atoms with Crippen LogP contribution in [0.5, 0.6) is 0 Å². The molecule has 0 aliphatic rings. The number of aryl methyl sites for hydroxylation is 1. The van der Waals surface area contributed by atoms with Crippen LogP contribution in [-0.4, -0.2) is 15.9 Å². The smallest absolute Gasteiger partial charge is 0.265 e. The van der Waals surface area contributed by atoms with E-state index in [1.165, 1.54) is 11.3 Å². The molecule has 0 radical (unpaired) electrons. The summed E-state index contributed by atoms with van der Waals surface area (Å²) in [7, 11) is 0. The van der Waals surface area contributed by atoms with E-state index in [1.54, 1.807) is 30.6 Å². The quantitative estimate of drug-likeness (QED) is 0.758. The van der Waals surface area contributed by atoms with E-state index in [1.807, 2.05) is 13.0 Å². The Morgan fingerprint density at radius 3 is 2.65 bits per heavy atom. The Bertz CT molecular complexity index is 777. The minimum Gasteiger partial charge on any atom is -0.398 e. The molecular formula is C14H12N4OS. The number of nitrogens with one attached hydrogen (secondary N) is 1. The van der Waals surface area contributed by atoms with E-state index in [-0.39, 0.29) is 5.91 Å². The molecule has 0 spiro atoms. The molecule has 0 atom stereocenters. The van der Waals surface area contributed by atoms with E-state index in [2.05, 4.69) is 15.3 Å². The van der Waals surface area contributed by atoms with Crippen LogP contribution in [0, 0.1) is 6.92 Å². The van der Waals surface area contributed by atoms with Crippen LogP contribution in [0.15, 0.2) is 36.7 Å². The minimum atomic E-state index is -0.168. The summed E-state index contributed by atoms with van der Waals surface area (Å²) in [5.41, 5.74) is 8.63. The summed E-state index contributed by atoms with van der Waals surface area (Å²) in [4.78, 5) is 22.1. The number of nitrogens with two attached hydrogens (primary N) is 1. The molecule has 0 saturated heterocycles. The highest BCUT2D eigenvalue weighted by molar-refractivity contribution is 7.14. The lowest BCUT2D eigenvalue weighted by atomic mass is 10.2. The van der Waals surface area contributed by atoms with E-state index in [9.17, 15) is 4.79 Å². The maximum atomic E-state index is 12.1. The van der Waals surface area contributed by atoms with Crippen LogP contribution in [0.3, 0.4) is 0 Å². The molecule has 0 bridgehead atoms. The van der Waals surface area contributed by atoms with Gasteiger partial charge in [0.2, 0.25) is 0 Å². The maximum Gasteiger partial charge on any atom is 0.265 e. The maximum absolute atomic E-state index is 12.1. The fourth-order valence-corrected chi connectivity index (χ4v) is 2.68. The lowest BCUT2D eigenvalue weighted by molar-refractivity contribution is 0.103. The van der Waals surface area contributed by atoms with E-state index < -0.39 is 0 Å². The molecule has 0 aliphatic carbocycles. The van der Waals surface area contributed by atoms with Crippen LogP contribution >= 0.6 is 11.3 Å². The number of aromatic nitrogens is 2. The van der Waals surface area contributed by atoms with Gasteiger partial charge < -0.3 is 11.1 Å². The number of hydrogen-bond donors (Lipinski definition) is 2. The average Bonchev–Trinajstić information content (AvgIpc) is 2.79. The summed E-state index contributed by atoms with van der Waals surface area (Å²) in [6.45, 7) is 1.89. The van der Waals surface area contributed by atoms with Crippen molar-refractivity contribution in [2.75, 3.05) is 11.1 Å². The lowest BCUT2D eigenvalue weighted by Gasteiger charge is -2.04. The molecule has 1 aromatic carbocycles. The molecular weight excluding hydrogens is 272 g/mol. The molecule has 3 aromatic rings. The Labute approximate surface area is 119 Å². The third-order valence-electron chi connectivity index (χ3n) is 2.91. The molecule has 0 aliphatic heterocycles. The van der Waals surface area contributed by atoms with Crippen molar-refractivity contribution in [3.05, 3.63) is 46.4 Å². The zero-order valence-corrected chi connectivity index (χ0v) is 11.6. The van der Waals surface area contributed by atoms with Crippen LogP contribution in [0.2, 0.25) is 0 Å². The van der Waals surface area contributed by atoms with Crippen molar-refractivity contribution in [1.29, 1.82) is 0 Å². The third kappa shape index (κ3) is 2.33. The molecule has 6 heteroatoms. The fourth-order valence-electron chi connectivity index (χ4n) is 1.84. The first-order valence-electron chi connectivity index (χ1n) is 6.01. The third-order valence-corrected chi connectivity index (χ3v) is 3.97. The van der Waals surface area contributed by atoms with Crippen LogP contribution in [0.25, 0.3) is 11.0 Å². The number of nitrogens with zero attached hydrogens (tertiary/aromatic N) is 2. The summed E-state index contributed by atoms with van der Waals surface area (Å²) in [6, 6.07) is 7.12. The number of amides is 1. The molecule has 0 unspecified atom stereocenters. The predicted molar refractivity (Wildman–Crippen MR) is 81.0 cm³/mol. The van der Waals surface area contributed by atoms with Gasteiger partial charge in [-0.15, -0.1) is 11.3 Å². The summed E-state index contributed by atoms with van der Waals surface area (Å²) in [6.07, 6.45) is 3.26. The number of fused-ring (bicyclic) bond motifs is 1. The molecule has 0 fully saturated rings. The second-order valence-electron chi connectivity index (χ2n) is 4.34. The standard InChI is InChI=1S/C14H12N4OS/c1-8-10(15)7-13(20-8)14(19)18-9-2-3-11-12(6-9)17-5-4-16-11/h2-7H,15H2,1H3,(H,18,19). The highest BCUT2D eigenvalue weighted by Gasteiger charge is 2.11. The number of nitrogen functional groups attached to an aromatic ring is 1. The Morgan fingerprint density at radius 1 is 1.20 bits per heavy atom. The Morgan fingerprint density at radius 2 is 1.95 bits per heavy atom. The van der Waals surface area contributed by atoms with Crippen molar-refractivity contribution in [2.45, 2.75) is 6.92 Å². The van der Waals surface area contributed by atoms with Gasteiger partial charge in [0, 0.05) is 28.6 Å². The number of anilines is 2. The van der Waals surface area contributed by atoms with Crippen molar-refractivity contribution in [3.8, 4) is 0 Å². The zero-order valence-electron chi connectivity index (χ0n) is 10.8. The van der Waals surface area contributed by atoms with Gasteiger partial charge in [0.15, 0.2) is 0 Å². The predicted octanol–water partition coefficient (Wildman–Crippen LogP) is 2.83. The highest BCUT2D eigenvalue weighted by Crippen LogP contribution is 2.24. The molecule has 3 rings (SSSR count). The number of hydrogen-bond acceptors (Lipinski definition) is 5. The normalized spacial score (nSPS) is 10.7. The number of carbonyl (C=O) groups excluding carboxylic acids is 1. The van der Waals surface area contributed by atoms with E-state index in [4.69, 9.17) is 5.73 Å². The van der Waals surface area contributed by atoms with Gasteiger partial charge in [-0.3, -0.25) is 14.8 Å². The summed E-state index contributed by atoms with van der Waals surface area (Å²) < 4.78 is 0. The van der Waals surface area contributed by atoms with Gasteiger partial charge in [0.1, 0.15) is 0 Å². The van der Waals surface area contributed by atoms with Gasteiger partial charge in [-0.25, -0.2) is 0 Å². The average molecular weight is 284 g/mol. The van der Waals surface area contributed by atoms with Gasteiger partial charge in [-0.1, -0.05) is 0 Å². The molecule has 20 heavy (non-hydrogen) atoms. The van der Waals surface area contributed by atoms with E-state index in [0.717, 1.165) is 15.9 Å². The van der Waals surface area contributed by atoms with Gasteiger partial charge in [0.05, 0.1) is 15.9 Å². The molecule has 3 N–H and O–H groups in total. The van der Waals surface area contributed by atoms with Crippen LogP contribution in [-0.2, 0) is 0 Å². The van der Waals surface area contributed by atoms with Gasteiger partial charge in [-0.05, 0) is 31.2 Å². The molecule has 2 aromatic heterocycles. The monoisotopic (exact) mass is 284 g/mol. The number of thiophene rings is 1. The van der Waals surface area contributed by atoms with Crippen LogP contribution in [0.4, 0.5) is 11.4 Å². The molecule has 1 amide bonds. The molecule has 0 saturated carbocycles. The lowest BCUT2D eigenvalue weighted by Crippen LogP contribution is -2.10. The summed E-state index contributed by atoms with van der Waals surface area (Å²) >= 11 is 1.38. The van der Waals surface area contributed by atoms with Gasteiger partial charge >= 0.3 is 0 Å². The topological polar surface area (TPSA) is 80.9 Å². The van der Waals surface area contributed by atoms with Crippen molar-refractivity contribution in [1.82, 2.24) is 9.97 Å². The van der Waals surface area contributed by atoms with Crippen molar-refractivity contribution in [3.63, 3.8) is 0 Å². The van der Waals surface area contributed by atoms with Crippen molar-refractivity contribution in [2.24, 2.45) is 0 Å². The number of carbonyl (C=O) groups is 1. The van der Waals surface area contributed by atoms with Gasteiger partial charge in [-0.2, -0.15) is 0 Å². The molecule has 100 valence electrons. The Hall–Kier alpha value is -2.47. The summed E-state index contributed by atoms with van der Waals surface area (Å²) in [5, 5.41) is 2.84. The SMILES string of the molecule is Cc1sc(C(=O)Nc2ccc3nccnc3c2)cc1N. The Kier molecular flexibility index (Phi) is 3.08. The first-order valence-corrected chi connectivity index (χ1v) is 6.83. The van der Waals surface area contributed by atoms with E-state index in [0.29, 0.717) is 16.3 Å². The first-order chi connectivity index (χ1) is 9.63. The van der Waals surface area contributed by atoms with Crippen molar-refractivity contribution < 1.29 is 4.79 Å². The summed E-state index contributed by atoms with van der Waals surface area (Å²) in [5.74, 6) is -0.168. The fraction of sp³-hybridized carbons (Fsp3) is 0.0714. The van der Waals surface area contributed by atoms with Gasteiger partial charge in [0.25, 0.3) is 5.91 Å². The van der Waals surface area contributed by atoms with Crippen LogP contribution in [0.1, 0.15) is 14.5 Å². The second kappa shape index (κ2) is 4.90. The largest absolute Gasteiger partial charge is 0.398 e. The number of rotatable bonds is 2. The zero-order chi connectivity index (χ0) is 14.1. The first kappa shape index (κ1) is 12.6. The Balaban J connectivity index is 1.87.